The summed E-state index contributed by atoms with van der Waals surface area (Å²) in [7, 11) is 1.64. The van der Waals surface area contributed by atoms with Gasteiger partial charge in [0.15, 0.2) is 0 Å². The summed E-state index contributed by atoms with van der Waals surface area (Å²) in [4.78, 5) is 14.4. The number of carbonyl (C=O) groups excluding carboxylic acids is 1. The largest absolute Gasteiger partial charge is 0.497 e. The van der Waals surface area contributed by atoms with Crippen molar-refractivity contribution in [2.24, 2.45) is 0 Å². The molecule has 0 saturated carbocycles. The highest BCUT2D eigenvalue weighted by Crippen LogP contribution is 2.41. The van der Waals surface area contributed by atoms with Crippen LogP contribution >= 0.6 is 0 Å². The Morgan fingerprint density at radius 1 is 1.03 bits per heavy atom. The third-order valence-electron chi connectivity index (χ3n) is 5.92. The van der Waals surface area contributed by atoms with Gasteiger partial charge in [0.2, 0.25) is 5.91 Å². The zero-order valence-electron chi connectivity index (χ0n) is 17.3. The van der Waals surface area contributed by atoms with E-state index >= 15 is 0 Å². The van der Waals surface area contributed by atoms with E-state index in [2.05, 4.69) is 6.07 Å². The van der Waals surface area contributed by atoms with Gasteiger partial charge in [-0.3, -0.25) is 4.79 Å². The van der Waals surface area contributed by atoms with E-state index in [4.69, 9.17) is 4.74 Å². The first-order chi connectivity index (χ1) is 15.2. The van der Waals surface area contributed by atoms with Crippen molar-refractivity contribution in [1.29, 1.82) is 5.26 Å². The molecule has 1 aliphatic heterocycles. The van der Waals surface area contributed by atoms with Gasteiger partial charge in [-0.2, -0.15) is 5.26 Å². The molecular formula is C26H24N2O3. The number of hydrogen-bond acceptors (Lipinski definition) is 4. The van der Waals surface area contributed by atoms with Crippen LogP contribution in [0, 0.1) is 11.3 Å². The summed E-state index contributed by atoms with van der Waals surface area (Å²) in [6.45, 7) is -0.180. The van der Waals surface area contributed by atoms with E-state index in [0.29, 0.717) is 0 Å². The van der Waals surface area contributed by atoms with Gasteiger partial charge in [-0.25, -0.2) is 0 Å². The minimum atomic E-state index is -0.587. The van der Waals surface area contributed by atoms with Crippen LogP contribution in [-0.2, 0) is 11.2 Å². The van der Waals surface area contributed by atoms with Gasteiger partial charge in [-0.05, 0) is 34.4 Å². The lowest BCUT2D eigenvalue weighted by Crippen LogP contribution is -2.65. The molecule has 0 unspecified atom stereocenters. The summed E-state index contributed by atoms with van der Waals surface area (Å²) in [5.74, 6) is 0.438. The van der Waals surface area contributed by atoms with Crippen molar-refractivity contribution >= 4 is 5.91 Å². The van der Waals surface area contributed by atoms with E-state index < -0.39 is 12.1 Å². The average Bonchev–Trinajstić information content (AvgIpc) is 2.80. The summed E-state index contributed by atoms with van der Waals surface area (Å²) in [5.41, 5.74) is 3.91. The van der Waals surface area contributed by atoms with E-state index in [-0.39, 0.29) is 24.9 Å². The van der Waals surface area contributed by atoms with Crippen LogP contribution in [0.3, 0.4) is 0 Å². The van der Waals surface area contributed by atoms with Crippen molar-refractivity contribution in [2.75, 3.05) is 13.7 Å². The third kappa shape index (κ3) is 4.03. The maximum absolute atomic E-state index is 12.9. The molecule has 1 saturated heterocycles. The van der Waals surface area contributed by atoms with E-state index in [1.807, 2.05) is 78.9 Å². The van der Waals surface area contributed by atoms with Crippen molar-refractivity contribution in [3.05, 3.63) is 90.0 Å². The highest BCUT2D eigenvalue weighted by atomic mass is 16.5. The number of nitriles is 1. The molecule has 3 atom stereocenters. The molecule has 1 fully saturated rings. The van der Waals surface area contributed by atoms with Crippen molar-refractivity contribution in [3.8, 4) is 22.9 Å². The van der Waals surface area contributed by atoms with Gasteiger partial charge >= 0.3 is 0 Å². The van der Waals surface area contributed by atoms with Gasteiger partial charge < -0.3 is 14.7 Å². The van der Waals surface area contributed by atoms with E-state index in [0.717, 1.165) is 28.0 Å². The van der Waals surface area contributed by atoms with Crippen molar-refractivity contribution < 1.29 is 14.6 Å². The molecule has 0 aromatic heterocycles. The standard InChI is InChI=1S/C26H24N2O3/c1-31-22-9-5-8-21(15-22)19-10-12-20(13-11-19)26-23(16-27)28(24(26)17-29)25(30)14-18-6-3-2-4-7-18/h2-13,15,23-24,26,29H,14,17H2,1H3/t23-,24+,26-/m1/s1. The summed E-state index contributed by atoms with van der Waals surface area (Å²) in [6, 6.07) is 26.5. The molecule has 5 nitrogen and oxygen atoms in total. The van der Waals surface area contributed by atoms with Gasteiger partial charge in [0.05, 0.1) is 32.2 Å². The van der Waals surface area contributed by atoms with Gasteiger partial charge in [-0.15, -0.1) is 0 Å². The summed E-state index contributed by atoms with van der Waals surface area (Å²) >= 11 is 0. The molecule has 1 aliphatic rings. The van der Waals surface area contributed by atoms with E-state index in [1.54, 1.807) is 7.11 Å². The predicted octanol–water partition coefficient (Wildman–Crippen LogP) is 3.78. The zero-order chi connectivity index (χ0) is 21.8. The normalized spacial score (nSPS) is 19.9. The summed E-state index contributed by atoms with van der Waals surface area (Å²) < 4.78 is 5.30. The molecule has 0 bridgehead atoms. The minimum Gasteiger partial charge on any atom is -0.497 e. The molecule has 1 amide bonds. The minimum absolute atomic E-state index is 0.138. The molecule has 0 aliphatic carbocycles. The molecule has 4 rings (SSSR count). The lowest BCUT2D eigenvalue weighted by Gasteiger charge is -2.51. The molecule has 5 heteroatoms. The number of nitrogens with zero attached hydrogens (tertiary/aromatic N) is 2. The second kappa shape index (κ2) is 9.03. The number of ether oxygens (including phenoxy) is 1. The second-order valence-corrected chi connectivity index (χ2v) is 7.67. The van der Waals surface area contributed by atoms with Crippen LogP contribution < -0.4 is 4.74 Å². The van der Waals surface area contributed by atoms with E-state index in [9.17, 15) is 15.2 Å². The second-order valence-electron chi connectivity index (χ2n) is 7.67. The first-order valence-corrected chi connectivity index (χ1v) is 10.3. The molecule has 1 N–H and O–H groups in total. The number of rotatable bonds is 6. The van der Waals surface area contributed by atoms with Gasteiger partial charge in [-0.1, -0.05) is 66.7 Å². The summed E-state index contributed by atoms with van der Waals surface area (Å²) in [6.07, 6.45) is 0.219. The Labute approximate surface area is 182 Å². The number of likely N-dealkylation sites (tertiary alicyclic amines) is 1. The molecule has 31 heavy (non-hydrogen) atoms. The maximum Gasteiger partial charge on any atom is 0.228 e. The van der Waals surface area contributed by atoms with Crippen molar-refractivity contribution in [1.82, 2.24) is 4.90 Å². The first kappa shape index (κ1) is 20.6. The summed E-state index contributed by atoms with van der Waals surface area (Å²) in [5, 5.41) is 19.8. The third-order valence-corrected chi connectivity index (χ3v) is 5.92. The SMILES string of the molecule is COc1cccc(-c2ccc([C@@H]3[C@@H](C#N)N(C(=O)Cc4ccccc4)[C@H]3CO)cc2)c1. The lowest BCUT2D eigenvalue weighted by molar-refractivity contribution is -0.146. The van der Waals surface area contributed by atoms with Crippen LogP contribution in [-0.4, -0.2) is 41.7 Å². The van der Waals surface area contributed by atoms with Crippen LogP contribution in [0.25, 0.3) is 11.1 Å². The number of carbonyl (C=O) groups is 1. The monoisotopic (exact) mass is 412 g/mol. The Bertz CT molecular complexity index is 1090. The first-order valence-electron chi connectivity index (χ1n) is 10.3. The topological polar surface area (TPSA) is 73.6 Å². The number of methoxy groups -OCH3 is 1. The Morgan fingerprint density at radius 3 is 2.42 bits per heavy atom. The molecule has 3 aromatic carbocycles. The fraction of sp³-hybridized carbons (Fsp3) is 0.231. The van der Waals surface area contributed by atoms with Crippen LogP contribution in [0.2, 0.25) is 0 Å². The molecule has 1 heterocycles. The Hall–Kier alpha value is -3.62. The molecule has 156 valence electrons. The highest BCUT2D eigenvalue weighted by Gasteiger charge is 2.51. The van der Waals surface area contributed by atoms with Crippen molar-refractivity contribution in [3.63, 3.8) is 0 Å². The van der Waals surface area contributed by atoms with E-state index in [1.165, 1.54) is 4.90 Å². The van der Waals surface area contributed by atoms with Crippen LogP contribution in [0.5, 0.6) is 5.75 Å². The van der Waals surface area contributed by atoms with Gasteiger partial charge in [0.25, 0.3) is 0 Å². The average molecular weight is 412 g/mol. The van der Waals surface area contributed by atoms with Gasteiger partial charge in [0.1, 0.15) is 11.8 Å². The van der Waals surface area contributed by atoms with Crippen LogP contribution in [0.15, 0.2) is 78.9 Å². The van der Waals surface area contributed by atoms with Gasteiger partial charge in [0, 0.05) is 5.92 Å². The zero-order valence-corrected chi connectivity index (χ0v) is 17.3. The molecule has 0 radical (unpaired) electrons. The molecular weight excluding hydrogens is 388 g/mol. The molecule has 0 spiro atoms. The number of aliphatic hydroxyl groups is 1. The maximum atomic E-state index is 12.9. The molecule has 3 aromatic rings. The quantitative estimate of drug-likeness (QED) is 0.669. The van der Waals surface area contributed by atoms with Crippen LogP contribution in [0.1, 0.15) is 17.0 Å². The lowest BCUT2D eigenvalue weighted by atomic mass is 9.75. The fourth-order valence-electron chi connectivity index (χ4n) is 4.31. The number of amides is 1. The Kier molecular flexibility index (Phi) is 6.01. The number of aliphatic hydroxyl groups excluding tert-OH is 1. The number of hydrogen-bond donors (Lipinski definition) is 1. The Balaban J connectivity index is 1.53. The fourth-order valence-corrected chi connectivity index (χ4v) is 4.31. The number of benzene rings is 3. The predicted molar refractivity (Wildman–Crippen MR) is 118 cm³/mol. The van der Waals surface area contributed by atoms with Crippen molar-refractivity contribution in [2.45, 2.75) is 24.4 Å². The highest BCUT2D eigenvalue weighted by molar-refractivity contribution is 5.81. The smallest absolute Gasteiger partial charge is 0.228 e. The van der Waals surface area contributed by atoms with Crippen LogP contribution in [0.4, 0.5) is 0 Å². The Morgan fingerprint density at radius 2 is 1.77 bits per heavy atom.